The lowest BCUT2D eigenvalue weighted by Gasteiger charge is -2.10. The normalized spacial score (nSPS) is 15.3. The lowest BCUT2D eigenvalue weighted by atomic mass is 10.1. The molecule has 0 saturated carbocycles. The number of allylic oxidation sites excluding steroid dienone is 12. The summed E-state index contributed by atoms with van der Waals surface area (Å²) in [4.78, 5) is 15.0. The van der Waals surface area contributed by atoms with Gasteiger partial charge in [0.25, 0.3) is 0 Å². The maximum Gasteiger partial charge on any atom is 0.164 e. The molecular formula is C45H35N7. The number of benzene rings is 4. The molecule has 4 aromatic carbocycles. The molecule has 3 aromatic heterocycles. The molecule has 0 amide bonds. The molecule has 2 aliphatic carbocycles. The van der Waals surface area contributed by atoms with E-state index in [1.54, 1.807) is 12.4 Å². The molecule has 4 N–H and O–H groups in total. The number of hydrogen-bond acceptors (Lipinski definition) is 5. The molecule has 52 heavy (non-hydrogen) atoms. The van der Waals surface area contributed by atoms with Gasteiger partial charge in [-0.25, -0.2) is 15.0 Å². The molecule has 2 aliphatic rings. The molecule has 0 spiro atoms. The zero-order valence-electron chi connectivity index (χ0n) is 28.4. The van der Waals surface area contributed by atoms with Crippen LogP contribution < -0.4 is 22.0 Å². The van der Waals surface area contributed by atoms with Gasteiger partial charge >= 0.3 is 0 Å². The number of para-hydroxylation sites is 2. The van der Waals surface area contributed by atoms with E-state index in [0.717, 1.165) is 77.8 Å². The topological polar surface area (TPSA) is 101 Å². The van der Waals surface area contributed by atoms with Gasteiger partial charge in [-0.1, -0.05) is 109 Å². The van der Waals surface area contributed by atoms with Crippen LogP contribution in [0.1, 0.15) is 24.5 Å². The third kappa shape index (κ3) is 5.18. The van der Waals surface area contributed by atoms with Crippen LogP contribution in [-0.2, 0) is 0 Å². The summed E-state index contributed by atoms with van der Waals surface area (Å²) in [6.45, 7) is 0. The molecule has 3 heterocycles. The van der Waals surface area contributed by atoms with Crippen molar-refractivity contribution in [2.45, 2.75) is 12.8 Å². The zero-order chi connectivity index (χ0) is 35.0. The number of fused-ring (bicyclic) bond motifs is 5. The van der Waals surface area contributed by atoms with Gasteiger partial charge in [0.2, 0.25) is 0 Å². The Morgan fingerprint density at radius 1 is 0.538 bits per heavy atom. The molecule has 0 unspecified atom stereocenters. The predicted molar refractivity (Wildman–Crippen MR) is 215 cm³/mol. The summed E-state index contributed by atoms with van der Waals surface area (Å²) >= 11 is 0. The van der Waals surface area contributed by atoms with Crippen LogP contribution in [0.15, 0.2) is 152 Å². The first-order valence-electron chi connectivity index (χ1n) is 17.4. The number of hydrogen-bond donors (Lipinski definition) is 2. The smallest absolute Gasteiger partial charge is 0.164 e. The quantitative estimate of drug-likeness (QED) is 0.195. The van der Waals surface area contributed by atoms with Crippen molar-refractivity contribution in [2.75, 3.05) is 0 Å². The maximum absolute atomic E-state index is 6.46. The summed E-state index contributed by atoms with van der Waals surface area (Å²) in [6.07, 6.45) is 23.5. The summed E-state index contributed by atoms with van der Waals surface area (Å²) < 4.78 is 4.51. The monoisotopic (exact) mass is 673 g/mol. The molecule has 7 nitrogen and oxygen atoms in total. The van der Waals surface area contributed by atoms with Gasteiger partial charge in [0.1, 0.15) is 0 Å². The number of rotatable bonds is 5. The molecule has 0 saturated heterocycles. The van der Waals surface area contributed by atoms with Gasteiger partial charge in [-0.3, -0.25) is 0 Å². The van der Waals surface area contributed by atoms with Crippen LogP contribution in [0.2, 0.25) is 0 Å². The molecule has 7 aromatic rings. The third-order valence-electron chi connectivity index (χ3n) is 9.76. The van der Waals surface area contributed by atoms with Gasteiger partial charge in [0.05, 0.1) is 21.9 Å². The Kier molecular flexibility index (Phi) is 7.78. The van der Waals surface area contributed by atoms with Crippen molar-refractivity contribution < 1.29 is 0 Å². The lowest BCUT2D eigenvalue weighted by molar-refractivity contribution is 0.983. The first-order chi connectivity index (χ1) is 25.7. The summed E-state index contributed by atoms with van der Waals surface area (Å²) in [5.41, 5.74) is 21.2. The minimum absolute atomic E-state index is 0.641. The molecule has 250 valence electrons. The maximum atomic E-state index is 6.46. The molecule has 0 fully saturated rings. The van der Waals surface area contributed by atoms with E-state index in [4.69, 9.17) is 26.4 Å². The Hall–Kier alpha value is -6.99. The highest BCUT2D eigenvalue weighted by Gasteiger charge is 2.20. The number of aromatic nitrogens is 5. The van der Waals surface area contributed by atoms with E-state index in [1.165, 1.54) is 0 Å². The standard InChI is InChI=1S/C45H35N7/c46-28-36-40(29-47)52(39-27-26-38-41(42(36)39)35-22-11-12-23-37(35)51(38)33-19-9-4-10-20-33)34-21-13-18-32(24-25-34)45-49-43(30-14-5-1-2-6-15-30)48-44(50-45)31-16-7-3-8-17-31/h1-14,16-17,19-29H,15,18,46-47H2/b36-28+,40-29+. The fourth-order valence-electron chi connectivity index (χ4n) is 7.41. The zero-order valence-corrected chi connectivity index (χ0v) is 28.4. The minimum Gasteiger partial charge on any atom is -0.404 e. The van der Waals surface area contributed by atoms with Gasteiger partial charge < -0.3 is 20.6 Å². The van der Waals surface area contributed by atoms with E-state index in [0.29, 0.717) is 23.9 Å². The van der Waals surface area contributed by atoms with Crippen molar-refractivity contribution in [1.29, 1.82) is 0 Å². The second kappa shape index (κ2) is 13.0. The highest BCUT2D eigenvalue weighted by molar-refractivity contribution is 6.21. The van der Waals surface area contributed by atoms with Crippen molar-refractivity contribution in [3.63, 3.8) is 0 Å². The largest absolute Gasteiger partial charge is 0.404 e. The van der Waals surface area contributed by atoms with Crippen molar-refractivity contribution in [3.8, 4) is 17.1 Å². The molecule has 9 rings (SSSR count). The SMILES string of the molecule is N/C=c1\c(=C/N)n(C2=CC=C(c3nc(C4=CC=CC=CC4)nc(-c4ccccc4)n3)CC=C2)c2ccc3c(c4ccccc4n3-c3ccccc3)c12. The second-order valence-corrected chi connectivity index (χ2v) is 12.8. The van der Waals surface area contributed by atoms with Crippen molar-refractivity contribution in [3.05, 3.63) is 174 Å². The van der Waals surface area contributed by atoms with Crippen molar-refractivity contribution in [2.24, 2.45) is 11.5 Å². The number of nitrogens with zero attached hydrogens (tertiary/aromatic N) is 5. The van der Waals surface area contributed by atoms with E-state index >= 15 is 0 Å². The van der Waals surface area contributed by atoms with Crippen LogP contribution in [0.4, 0.5) is 0 Å². The predicted octanol–water partition coefficient (Wildman–Crippen LogP) is 7.77. The Balaban J connectivity index is 1.24. The van der Waals surface area contributed by atoms with Crippen LogP contribution >= 0.6 is 0 Å². The molecule has 0 radical (unpaired) electrons. The van der Waals surface area contributed by atoms with Crippen LogP contribution in [0.25, 0.3) is 79.0 Å². The van der Waals surface area contributed by atoms with Crippen LogP contribution in [-0.4, -0.2) is 24.1 Å². The van der Waals surface area contributed by atoms with E-state index in [2.05, 4.69) is 106 Å². The van der Waals surface area contributed by atoms with E-state index in [9.17, 15) is 0 Å². The van der Waals surface area contributed by atoms with Crippen LogP contribution in [0, 0.1) is 0 Å². The average molecular weight is 674 g/mol. The Morgan fingerprint density at radius 3 is 1.98 bits per heavy atom. The molecule has 0 bridgehead atoms. The highest BCUT2D eigenvalue weighted by Crippen LogP contribution is 2.36. The molecule has 7 heteroatoms. The number of nitrogens with two attached hydrogens (primary N) is 2. The van der Waals surface area contributed by atoms with Gasteiger partial charge in [0.15, 0.2) is 17.5 Å². The highest BCUT2D eigenvalue weighted by atomic mass is 15.0. The van der Waals surface area contributed by atoms with E-state index in [1.807, 2.05) is 54.6 Å². The van der Waals surface area contributed by atoms with Crippen molar-refractivity contribution >= 4 is 62.0 Å². The summed E-state index contributed by atoms with van der Waals surface area (Å²) in [5, 5.41) is 5.05. The first kappa shape index (κ1) is 31.0. The summed E-state index contributed by atoms with van der Waals surface area (Å²) in [5.74, 6) is 1.98. The Morgan fingerprint density at radius 2 is 1.21 bits per heavy atom. The van der Waals surface area contributed by atoms with Gasteiger partial charge in [-0.2, -0.15) is 0 Å². The van der Waals surface area contributed by atoms with Gasteiger partial charge in [0, 0.05) is 61.9 Å². The Labute approximate surface area is 300 Å². The van der Waals surface area contributed by atoms with E-state index in [-0.39, 0.29) is 0 Å². The van der Waals surface area contributed by atoms with Crippen molar-refractivity contribution in [1.82, 2.24) is 24.1 Å². The lowest BCUT2D eigenvalue weighted by Crippen LogP contribution is -2.31. The van der Waals surface area contributed by atoms with Gasteiger partial charge in [-0.05, 0) is 55.3 Å². The van der Waals surface area contributed by atoms with Gasteiger partial charge in [-0.15, -0.1) is 0 Å². The molecule has 0 aliphatic heterocycles. The first-order valence-corrected chi connectivity index (χ1v) is 17.4. The molecule has 0 atom stereocenters. The fourth-order valence-corrected chi connectivity index (χ4v) is 7.41. The van der Waals surface area contributed by atoms with Crippen LogP contribution in [0.5, 0.6) is 0 Å². The van der Waals surface area contributed by atoms with E-state index < -0.39 is 0 Å². The fraction of sp³-hybridized carbons (Fsp3) is 0.0444. The van der Waals surface area contributed by atoms with Crippen LogP contribution in [0.3, 0.4) is 0 Å². The average Bonchev–Trinajstić information content (AvgIpc) is 3.40. The minimum atomic E-state index is 0.641. The Bertz CT molecular complexity index is 2840. The second-order valence-electron chi connectivity index (χ2n) is 12.8. The summed E-state index contributed by atoms with van der Waals surface area (Å²) in [6, 6.07) is 33.5. The summed E-state index contributed by atoms with van der Waals surface area (Å²) in [7, 11) is 0. The third-order valence-corrected chi connectivity index (χ3v) is 9.76. The molecular weight excluding hydrogens is 639 g/mol.